The zero-order valence-corrected chi connectivity index (χ0v) is 11.1. The number of hydrogen-bond donors (Lipinski definition) is 2. The number of anilines is 2. The van der Waals surface area contributed by atoms with Crippen LogP contribution in [0, 0.1) is 6.92 Å². The molecule has 18 heavy (non-hydrogen) atoms. The summed E-state index contributed by atoms with van der Waals surface area (Å²) in [5.74, 6) is 0.840. The summed E-state index contributed by atoms with van der Waals surface area (Å²) in [5, 5.41) is 7.71. The predicted molar refractivity (Wildman–Crippen MR) is 73.3 cm³/mol. The smallest absolute Gasteiger partial charge is 0.126 e. The highest BCUT2D eigenvalue weighted by molar-refractivity contribution is 5.51. The second-order valence-corrected chi connectivity index (χ2v) is 4.41. The van der Waals surface area contributed by atoms with Gasteiger partial charge in [-0.05, 0) is 25.0 Å². The van der Waals surface area contributed by atoms with E-state index in [4.69, 9.17) is 5.73 Å². The van der Waals surface area contributed by atoms with Crippen molar-refractivity contribution in [2.45, 2.75) is 26.8 Å². The first kappa shape index (κ1) is 12.4. The number of rotatable bonds is 4. The topological polar surface area (TPSA) is 68.8 Å². The minimum absolute atomic E-state index is 0.719. The third-order valence-corrected chi connectivity index (χ3v) is 2.94. The summed E-state index contributed by atoms with van der Waals surface area (Å²) in [6.45, 7) is 4.81. The van der Waals surface area contributed by atoms with E-state index in [9.17, 15) is 0 Å². The van der Waals surface area contributed by atoms with Crippen LogP contribution in [0.25, 0.3) is 0 Å². The lowest BCUT2D eigenvalue weighted by Crippen LogP contribution is -2.03. The zero-order valence-electron chi connectivity index (χ0n) is 11.1. The van der Waals surface area contributed by atoms with Crippen molar-refractivity contribution >= 4 is 11.5 Å². The van der Waals surface area contributed by atoms with Crippen LogP contribution < -0.4 is 11.1 Å². The molecule has 96 valence electrons. The summed E-state index contributed by atoms with van der Waals surface area (Å²) in [6, 6.07) is 1.96. The van der Waals surface area contributed by atoms with Gasteiger partial charge in [0.15, 0.2) is 0 Å². The Morgan fingerprint density at radius 1 is 1.44 bits per heavy atom. The molecule has 0 aliphatic heterocycles. The Bertz CT molecular complexity index is 544. The van der Waals surface area contributed by atoms with Crippen LogP contribution >= 0.6 is 0 Å². The Balaban J connectivity index is 2.08. The second-order valence-electron chi connectivity index (χ2n) is 4.41. The van der Waals surface area contributed by atoms with Gasteiger partial charge in [0.05, 0.1) is 17.6 Å². The van der Waals surface area contributed by atoms with Crippen molar-refractivity contribution in [1.29, 1.82) is 0 Å². The maximum Gasteiger partial charge on any atom is 0.126 e. The predicted octanol–water partition coefficient (Wildman–Crippen LogP) is 1.88. The Labute approximate surface area is 107 Å². The van der Waals surface area contributed by atoms with Gasteiger partial charge in [-0.25, -0.2) is 4.98 Å². The molecule has 0 spiro atoms. The molecule has 3 N–H and O–H groups in total. The van der Waals surface area contributed by atoms with Gasteiger partial charge in [-0.3, -0.25) is 4.68 Å². The van der Waals surface area contributed by atoms with E-state index in [1.54, 1.807) is 6.20 Å². The van der Waals surface area contributed by atoms with Crippen molar-refractivity contribution in [2.24, 2.45) is 7.05 Å². The highest BCUT2D eigenvalue weighted by Crippen LogP contribution is 2.15. The summed E-state index contributed by atoms with van der Waals surface area (Å²) >= 11 is 0. The number of hydrogen-bond acceptors (Lipinski definition) is 4. The van der Waals surface area contributed by atoms with Crippen molar-refractivity contribution in [3.05, 3.63) is 35.3 Å². The van der Waals surface area contributed by atoms with Crippen LogP contribution in [-0.4, -0.2) is 14.8 Å². The summed E-state index contributed by atoms with van der Waals surface area (Å²) in [6.07, 6.45) is 4.66. The highest BCUT2D eigenvalue weighted by atomic mass is 15.3. The molecule has 0 atom stereocenters. The standard InChI is InChI=1S/C13H19N5/c1-4-12-10(8-18(3)17-12)6-15-13-5-9(2)11(14)7-16-13/h5,7-8H,4,6,14H2,1-3H3,(H,15,16). The summed E-state index contributed by atoms with van der Waals surface area (Å²) in [5.41, 5.74) is 9.82. The lowest BCUT2D eigenvalue weighted by Gasteiger charge is -2.07. The molecular formula is C13H19N5. The van der Waals surface area contributed by atoms with E-state index < -0.39 is 0 Å². The molecule has 2 aromatic heterocycles. The largest absolute Gasteiger partial charge is 0.397 e. The third-order valence-electron chi connectivity index (χ3n) is 2.94. The fraction of sp³-hybridized carbons (Fsp3) is 0.385. The molecule has 2 rings (SSSR count). The van der Waals surface area contributed by atoms with Gasteiger partial charge in [0.1, 0.15) is 5.82 Å². The van der Waals surface area contributed by atoms with Gasteiger partial charge in [-0.2, -0.15) is 5.10 Å². The average molecular weight is 245 g/mol. The number of pyridine rings is 1. The second kappa shape index (κ2) is 5.08. The summed E-state index contributed by atoms with van der Waals surface area (Å²) in [4.78, 5) is 4.25. The van der Waals surface area contributed by atoms with Crippen LogP contribution in [0.1, 0.15) is 23.7 Å². The molecule has 0 aliphatic carbocycles. The van der Waals surface area contributed by atoms with Crippen LogP contribution in [0.2, 0.25) is 0 Å². The van der Waals surface area contributed by atoms with Crippen LogP contribution in [0.3, 0.4) is 0 Å². The molecule has 0 aliphatic rings. The minimum atomic E-state index is 0.719. The fourth-order valence-electron chi connectivity index (χ4n) is 1.88. The molecule has 2 aromatic rings. The van der Waals surface area contributed by atoms with Gasteiger partial charge in [0.2, 0.25) is 0 Å². The van der Waals surface area contributed by atoms with Gasteiger partial charge in [0, 0.05) is 25.4 Å². The van der Waals surface area contributed by atoms with E-state index in [1.807, 2.05) is 30.9 Å². The van der Waals surface area contributed by atoms with E-state index in [1.165, 1.54) is 5.56 Å². The molecule has 0 aromatic carbocycles. The van der Waals surface area contributed by atoms with Crippen molar-refractivity contribution in [3.63, 3.8) is 0 Å². The van der Waals surface area contributed by atoms with Crippen molar-refractivity contribution < 1.29 is 0 Å². The van der Waals surface area contributed by atoms with E-state index in [-0.39, 0.29) is 0 Å². The molecule has 5 nitrogen and oxygen atoms in total. The first-order valence-corrected chi connectivity index (χ1v) is 6.07. The first-order valence-electron chi connectivity index (χ1n) is 6.07. The Morgan fingerprint density at radius 2 is 2.22 bits per heavy atom. The van der Waals surface area contributed by atoms with E-state index in [0.717, 1.165) is 35.7 Å². The van der Waals surface area contributed by atoms with Crippen molar-refractivity contribution in [2.75, 3.05) is 11.1 Å². The van der Waals surface area contributed by atoms with Gasteiger partial charge in [0.25, 0.3) is 0 Å². The van der Waals surface area contributed by atoms with E-state index in [2.05, 4.69) is 22.3 Å². The van der Waals surface area contributed by atoms with E-state index >= 15 is 0 Å². The van der Waals surface area contributed by atoms with Crippen molar-refractivity contribution in [1.82, 2.24) is 14.8 Å². The molecule has 2 heterocycles. The Morgan fingerprint density at radius 3 is 2.89 bits per heavy atom. The third kappa shape index (κ3) is 2.61. The maximum absolute atomic E-state index is 5.74. The molecular weight excluding hydrogens is 226 g/mol. The molecule has 0 bridgehead atoms. The zero-order chi connectivity index (χ0) is 13.1. The first-order chi connectivity index (χ1) is 8.60. The van der Waals surface area contributed by atoms with Crippen LogP contribution in [0.4, 0.5) is 11.5 Å². The number of nitrogens with two attached hydrogens (primary N) is 1. The number of aryl methyl sites for hydroxylation is 3. The monoisotopic (exact) mass is 245 g/mol. The van der Waals surface area contributed by atoms with Crippen LogP contribution in [0.15, 0.2) is 18.5 Å². The number of nitrogens with zero attached hydrogens (tertiary/aromatic N) is 3. The molecule has 0 saturated heterocycles. The molecule has 0 amide bonds. The summed E-state index contributed by atoms with van der Waals surface area (Å²) in [7, 11) is 1.94. The number of nitrogens with one attached hydrogen (secondary N) is 1. The van der Waals surface area contributed by atoms with Gasteiger partial charge in [-0.15, -0.1) is 0 Å². The highest BCUT2D eigenvalue weighted by Gasteiger charge is 2.06. The van der Waals surface area contributed by atoms with Gasteiger partial charge in [-0.1, -0.05) is 6.92 Å². The Hall–Kier alpha value is -2.04. The Kier molecular flexibility index (Phi) is 3.50. The normalized spacial score (nSPS) is 10.6. The molecule has 5 heteroatoms. The summed E-state index contributed by atoms with van der Waals surface area (Å²) < 4.78 is 1.84. The average Bonchev–Trinajstić information content (AvgIpc) is 2.71. The van der Waals surface area contributed by atoms with Gasteiger partial charge < -0.3 is 11.1 Å². The maximum atomic E-state index is 5.74. The van der Waals surface area contributed by atoms with Crippen LogP contribution in [-0.2, 0) is 20.0 Å². The molecule has 0 fully saturated rings. The van der Waals surface area contributed by atoms with Gasteiger partial charge >= 0.3 is 0 Å². The molecule has 0 radical (unpaired) electrons. The van der Waals surface area contributed by atoms with Crippen molar-refractivity contribution in [3.8, 4) is 0 Å². The lowest BCUT2D eigenvalue weighted by molar-refractivity contribution is 0.746. The minimum Gasteiger partial charge on any atom is -0.397 e. The number of nitrogen functional groups attached to an aromatic ring is 1. The SMILES string of the molecule is CCc1nn(C)cc1CNc1cc(C)c(N)cn1. The number of aromatic nitrogens is 3. The van der Waals surface area contributed by atoms with Crippen LogP contribution in [0.5, 0.6) is 0 Å². The molecule has 0 saturated carbocycles. The van der Waals surface area contributed by atoms with E-state index in [0.29, 0.717) is 0 Å². The molecule has 0 unspecified atom stereocenters. The quantitative estimate of drug-likeness (QED) is 0.863. The fourth-order valence-corrected chi connectivity index (χ4v) is 1.88. The lowest BCUT2D eigenvalue weighted by atomic mass is 10.2.